The molecule has 2 amide bonds. The summed E-state index contributed by atoms with van der Waals surface area (Å²) in [5.41, 5.74) is 8.73. The predicted molar refractivity (Wildman–Crippen MR) is 178 cm³/mol. The lowest BCUT2D eigenvalue weighted by Crippen LogP contribution is -2.26. The molecule has 13 heteroatoms. The molecule has 0 unspecified atom stereocenters. The molecule has 2 heterocycles. The van der Waals surface area contributed by atoms with Crippen LogP contribution in [0.2, 0.25) is 0 Å². The molecule has 4 aromatic rings. The summed E-state index contributed by atoms with van der Waals surface area (Å²) in [7, 11) is 6.99. The SMILES string of the molecule is C=Nc1c(/C(N)=N\C)n(-c2ccc(C(=O)Nc3nc(C)c(C)s3)cc2)c(=O)n1-c1cccc(N(C)C(=O)/C=C/CN(C)C)c1. The molecule has 0 bridgehead atoms. The molecule has 0 aliphatic heterocycles. The topological polar surface area (TPSA) is 143 Å². The van der Waals surface area contributed by atoms with Gasteiger partial charge in [0, 0.05) is 42.8 Å². The Labute approximate surface area is 259 Å². The van der Waals surface area contributed by atoms with Gasteiger partial charge in [0.1, 0.15) is 11.5 Å². The van der Waals surface area contributed by atoms with Gasteiger partial charge in [-0.1, -0.05) is 12.1 Å². The van der Waals surface area contributed by atoms with Gasteiger partial charge in [-0.2, -0.15) is 0 Å². The average molecular weight is 614 g/mol. The van der Waals surface area contributed by atoms with Gasteiger partial charge in [-0.3, -0.25) is 24.5 Å². The van der Waals surface area contributed by atoms with Crippen molar-refractivity contribution in [2.45, 2.75) is 13.8 Å². The summed E-state index contributed by atoms with van der Waals surface area (Å²) in [4.78, 5) is 56.8. The molecule has 0 atom stereocenters. The molecular formula is C31H35N9O3S. The highest BCUT2D eigenvalue weighted by molar-refractivity contribution is 7.15. The minimum absolute atomic E-state index is 0.0639. The summed E-state index contributed by atoms with van der Waals surface area (Å²) in [6.45, 7) is 8.14. The van der Waals surface area contributed by atoms with Crippen molar-refractivity contribution in [3.8, 4) is 11.4 Å². The zero-order valence-electron chi connectivity index (χ0n) is 25.5. The minimum Gasteiger partial charge on any atom is -0.382 e. The Morgan fingerprint density at radius 3 is 2.39 bits per heavy atom. The second kappa shape index (κ2) is 13.4. The predicted octanol–water partition coefficient (Wildman–Crippen LogP) is 3.70. The molecule has 228 valence electrons. The molecule has 0 fully saturated rings. The number of amides is 2. The number of benzene rings is 2. The van der Waals surface area contributed by atoms with E-state index >= 15 is 0 Å². The van der Waals surface area contributed by atoms with E-state index < -0.39 is 5.69 Å². The first-order valence-electron chi connectivity index (χ1n) is 13.6. The average Bonchev–Trinajstić information content (AvgIpc) is 3.49. The molecule has 4 rings (SSSR count). The number of nitrogens with zero attached hydrogens (tertiary/aromatic N) is 7. The van der Waals surface area contributed by atoms with Crippen LogP contribution in [0.15, 0.2) is 75.5 Å². The van der Waals surface area contributed by atoms with Crippen molar-refractivity contribution in [3.63, 3.8) is 0 Å². The lowest BCUT2D eigenvalue weighted by molar-refractivity contribution is -0.113. The number of hydrogen-bond donors (Lipinski definition) is 2. The summed E-state index contributed by atoms with van der Waals surface area (Å²) < 4.78 is 2.73. The number of hydrogen-bond acceptors (Lipinski definition) is 8. The van der Waals surface area contributed by atoms with Crippen molar-refractivity contribution in [2.75, 3.05) is 45.0 Å². The first-order chi connectivity index (χ1) is 21.0. The number of carbonyl (C=O) groups is 2. The molecule has 2 aromatic heterocycles. The fourth-order valence-corrected chi connectivity index (χ4v) is 5.16. The number of nitrogens with two attached hydrogens (primary N) is 1. The molecule has 2 aromatic carbocycles. The van der Waals surface area contributed by atoms with Crippen LogP contribution < -0.4 is 21.6 Å². The van der Waals surface area contributed by atoms with E-state index in [9.17, 15) is 14.4 Å². The molecule has 0 aliphatic carbocycles. The first-order valence-corrected chi connectivity index (χ1v) is 14.4. The molecule has 0 radical (unpaired) electrons. The van der Waals surface area contributed by atoms with Gasteiger partial charge in [-0.05, 0) is 77.1 Å². The third kappa shape index (κ3) is 6.58. The Morgan fingerprint density at radius 2 is 1.80 bits per heavy atom. The Kier molecular flexibility index (Phi) is 9.71. The minimum atomic E-state index is -0.489. The van der Waals surface area contributed by atoms with E-state index in [4.69, 9.17) is 5.73 Å². The lowest BCUT2D eigenvalue weighted by Gasteiger charge is -2.17. The number of anilines is 2. The second-order valence-electron chi connectivity index (χ2n) is 10.1. The summed E-state index contributed by atoms with van der Waals surface area (Å²) >= 11 is 1.40. The van der Waals surface area contributed by atoms with Crippen LogP contribution in [0.4, 0.5) is 16.6 Å². The molecule has 0 saturated carbocycles. The number of thiazole rings is 1. The van der Waals surface area contributed by atoms with Gasteiger partial charge in [-0.15, -0.1) is 11.3 Å². The van der Waals surface area contributed by atoms with E-state index in [2.05, 4.69) is 27.0 Å². The Morgan fingerprint density at radius 1 is 1.09 bits per heavy atom. The largest absolute Gasteiger partial charge is 0.382 e. The molecule has 12 nitrogen and oxygen atoms in total. The highest BCUT2D eigenvalue weighted by atomic mass is 32.1. The number of rotatable bonds is 10. The maximum atomic E-state index is 14.1. The van der Waals surface area contributed by atoms with E-state index in [0.717, 1.165) is 10.6 Å². The Balaban J connectivity index is 1.75. The molecule has 44 heavy (non-hydrogen) atoms. The molecule has 0 saturated heterocycles. The quantitative estimate of drug-likeness (QED) is 0.159. The van der Waals surface area contributed by atoms with Crippen LogP contribution in [0.25, 0.3) is 11.4 Å². The Hall–Kier alpha value is -5.14. The highest BCUT2D eigenvalue weighted by Gasteiger charge is 2.25. The van der Waals surface area contributed by atoms with Gasteiger partial charge in [0.25, 0.3) is 5.91 Å². The van der Waals surface area contributed by atoms with Crippen molar-refractivity contribution in [2.24, 2.45) is 15.7 Å². The van der Waals surface area contributed by atoms with Crippen molar-refractivity contribution in [1.82, 2.24) is 19.0 Å². The van der Waals surface area contributed by atoms with Crippen molar-refractivity contribution >= 4 is 52.3 Å². The van der Waals surface area contributed by atoms with Crippen LogP contribution in [0, 0.1) is 13.8 Å². The van der Waals surface area contributed by atoms with Crippen LogP contribution in [0.1, 0.15) is 26.6 Å². The number of aryl methyl sites for hydroxylation is 2. The normalized spacial score (nSPS) is 11.8. The monoisotopic (exact) mass is 613 g/mol. The number of carbonyl (C=O) groups excluding carboxylic acids is 2. The highest BCUT2D eigenvalue weighted by Crippen LogP contribution is 2.27. The van der Waals surface area contributed by atoms with Gasteiger partial charge < -0.3 is 15.5 Å². The van der Waals surface area contributed by atoms with Gasteiger partial charge in [0.05, 0.1) is 17.1 Å². The van der Waals surface area contributed by atoms with E-state index in [1.165, 1.54) is 38.5 Å². The van der Waals surface area contributed by atoms with Crippen molar-refractivity contribution in [3.05, 3.63) is 93.0 Å². The molecule has 0 aliphatic rings. The van der Waals surface area contributed by atoms with Gasteiger partial charge in [-0.25, -0.2) is 19.3 Å². The number of nitrogens with one attached hydrogen (secondary N) is 1. The van der Waals surface area contributed by atoms with E-state index in [1.54, 1.807) is 61.7 Å². The van der Waals surface area contributed by atoms with Crippen molar-refractivity contribution in [1.29, 1.82) is 0 Å². The van der Waals surface area contributed by atoms with Crippen LogP contribution in [-0.2, 0) is 4.79 Å². The van der Waals surface area contributed by atoms with Crippen molar-refractivity contribution < 1.29 is 9.59 Å². The third-order valence-corrected chi connectivity index (χ3v) is 7.82. The summed E-state index contributed by atoms with van der Waals surface area (Å²) in [5, 5.41) is 3.32. The number of imidazole rings is 1. The van der Waals surface area contributed by atoms with Crippen LogP contribution in [-0.4, -0.2) is 78.1 Å². The van der Waals surface area contributed by atoms with Crippen LogP contribution in [0.3, 0.4) is 0 Å². The maximum absolute atomic E-state index is 14.1. The number of aromatic nitrogens is 3. The number of aliphatic imine (C=N–C) groups is 2. The third-order valence-electron chi connectivity index (χ3n) is 6.84. The Bertz CT molecular complexity index is 1810. The van der Waals surface area contributed by atoms with Gasteiger partial charge >= 0.3 is 5.69 Å². The van der Waals surface area contributed by atoms with E-state index in [-0.39, 0.29) is 29.2 Å². The van der Waals surface area contributed by atoms with Crippen LogP contribution in [0.5, 0.6) is 0 Å². The standard InChI is InChI=1S/C31H35N9O3S/c1-19-20(2)44-30(35-19)36-29(42)21-13-15-22(16-14-21)39-26(27(32)33-3)28(34-4)40(31(39)43)24-11-8-10-23(18-24)38(7)25(41)12-9-17-37(5)6/h8-16,18H,4,17H2,1-3,5-7H3,(H2,32,33)(H,35,36,42)/b12-9+. The number of likely N-dealkylation sites (N-methyl/N-ethyl adjacent to an activating group) is 2. The fourth-order valence-electron chi connectivity index (χ4n) is 4.35. The van der Waals surface area contributed by atoms with Gasteiger partial charge in [0.15, 0.2) is 10.9 Å². The first kappa shape index (κ1) is 31.8. The van der Waals surface area contributed by atoms with Crippen LogP contribution >= 0.6 is 11.3 Å². The molecule has 3 N–H and O–H groups in total. The van der Waals surface area contributed by atoms with E-state index in [0.29, 0.717) is 34.3 Å². The second-order valence-corrected chi connectivity index (χ2v) is 11.3. The van der Waals surface area contributed by atoms with Gasteiger partial charge in [0.2, 0.25) is 5.91 Å². The lowest BCUT2D eigenvalue weighted by atomic mass is 10.2. The maximum Gasteiger partial charge on any atom is 0.339 e. The smallest absolute Gasteiger partial charge is 0.339 e. The summed E-state index contributed by atoms with van der Waals surface area (Å²) in [5.74, 6) is -0.311. The zero-order valence-corrected chi connectivity index (χ0v) is 26.3. The van der Waals surface area contributed by atoms with E-state index in [1.807, 2.05) is 32.8 Å². The molecular weight excluding hydrogens is 578 g/mol. The zero-order chi connectivity index (χ0) is 32.1. The number of amidine groups is 1. The fraction of sp³-hybridized carbons (Fsp3) is 0.226. The molecule has 0 spiro atoms. The summed E-state index contributed by atoms with van der Waals surface area (Å²) in [6.07, 6.45) is 3.29. The summed E-state index contributed by atoms with van der Waals surface area (Å²) in [6, 6.07) is 13.4.